The van der Waals surface area contributed by atoms with E-state index in [1.807, 2.05) is 18.4 Å². The van der Waals surface area contributed by atoms with Gasteiger partial charge in [0.1, 0.15) is 16.4 Å². The molecular weight excluding hydrogens is 284 g/mol. The van der Waals surface area contributed by atoms with Crippen molar-refractivity contribution in [2.45, 2.75) is 19.9 Å². The SMILES string of the molecule is CCc1cnc(CNc2nc(Cl)nc3sccc23)o1. The van der Waals surface area contributed by atoms with Crippen molar-refractivity contribution in [2.75, 3.05) is 5.32 Å². The normalized spacial score (nSPS) is 11.1. The van der Waals surface area contributed by atoms with Crippen molar-refractivity contribution >= 4 is 39.0 Å². The van der Waals surface area contributed by atoms with E-state index in [9.17, 15) is 0 Å². The summed E-state index contributed by atoms with van der Waals surface area (Å²) in [6.45, 7) is 2.50. The van der Waals surface area contributed by atoms with E-state index in [4.69, 9.17) is 16.0 Å². The lowest BCUT2D eigenvalue weighted by Gasteiger charge is -2.04. The van der Waals surface area contributed by atoms with Crippen LogP contribution in [0, 0.1) is 0 Å². The Labute approximate surface area is 118 Å². The molecule has 19 heavy (non-hydrogen) atoms. The van der Waals surface area contributed by atoms with Crippen LogP contribution in [0.25, 0.3) is 10.2 Å². The van der Waals surface area contributed by atoms with Crippen molar-refractivity contribution in [1.82, 2.24) is 15.0 Å². The van der Waals surface area contributed by atoms with Gasteiger partial charge in [-0.2, -0.15) is 0 Å². The molecule has 0 aliphatic rings. The molecule has 3 aromatic rings. The molecule has 3 aromatic heterocycles. The number of aromatic nitrogens is 3. The molecule has 3 rings (SSSR count). The summed E-state index contributed by atoms with van der Waals surface area (Å²) in [5.41, 5.74) is 0. The summed E-state index contributed by atoms with van der Waals surface area (Å²) in [5, 5.41) is 6.33. The van der Waals surface area contributed by atoms with E-state index in [2.05, 4.69) is 20.3 Å². The van der Waals surface area contributed by atoms with Gasteiger partial charge >= 0.3 is 0 Å². The van der Waals surface area contributed by atoms with Crippen LogP contribution in [-0.4, -0.2) is 15.0 Å². The third kappa shape index (κ3) is 2.54. The molecule has 5 nitrogen and oxygen atoms in total. The number of thiophene rings is 1. The van der Waals surface area contributed by atoms with Gasteiger partial charge in [0, 0.05) is 6.42 Å². The second-order valence-electron chi connectivity index (χ2n) is 3.91. The van der Waals surface area contributed by atoms with Crippen molar-refractivity contribution in [1.29, 1.82) is 0 Å². The molecule has 0 aliphatic carbocycles. The fourth-order valence-corrected chi connectivity index (χ4v) is 2.70. The first-order valence-electron chi connectivity index (χ1n) is 5.84. The molecule has 0 spiro atoms. The minimum atomic E-state index is 0.235. The molecule has 7 heteroatoms. The Bertz CT molecular complexity index is 709. The van der Waals surface area contributed by atoms with Crippen molar-refractivity contribution in [2.24, 2.45) is 0 Å². The smallest absolute Gasteiger partial charge is 0.225 e. The predicted molar refractivity (Wildman–Crippen MR) is 75.6 cm³/mol. The number of aryl methyl sites for hydroxylation is 1. The molecule has 0 aliphatic heterocycles. The van der Waals surface area contributed by atoms with Crippen LogP contribution in [0.1, 0.15) is 18.6 Å². The number of rotatable bonds is 4. The van der Waals surface area contributed by atoms with Crippen LogP contribution in [0.2, 0.25) is 5.28 Å². The lowest BCUT2D eigenvalue weighted by Crippen LogP contribution is -2.02. The van der Waals surface area contributed by atoms with Gasteiger partial charge in [-0.3, -0.25) is 0 Å². The summed E-state index contributed by atoms with van der Waals surface area (Å²) in [6, 6.07) is 1.96. The predicted octanol–water partition coefficient (Wildman–Crippen LogP) is 3.51. The molecule has 0 saturated heterocycles. The van der Waals surface area contributed by atoms with Crippen molar-refractivity contribution in [3.63, 3.8) is 0 Å². The minimum absolute atomic E-state index is 0.235. The molecule has 0 bridgehead atoms. The summed E-state index contributed by atoms with van der Waals surface area (Å²) in [7, 11) is 0. The number of hydrogen-bond acceptors (Lipinski definition) is 6. The highest BCUT2D eigenvalue weighted by molar-refractivity contribution is 7.16. The topological polar surface area (TPSA) is 63.8 Å². The Kier molecular flexibility index (Phi) is 3.35. The van der Waals surface area contributed by atoms with E-state index in [1.165, 1.54) is 11.3 Å². The zero-order chi connectivity index (χ0) is 13.2. The molecule has 0 saturated carbocycles. The number of hydrogen-bond donors (Lipinski definition) is 1. The first kappa shape index (κ1) is 12.4. The molecule has 0 aromatic carbocycles. The number of halogens is 1. The van der Waals surface area contributed by atoms with Crippen LogP contribution in [0.5, 0.6) is 0 Å². The maximum Gasteiger partial charge on any atom is 0.225 e. The first-order chi connectivity index (χ1) is 9.26. The second kappa shape index (κ2) is 5.14. The third-order valence-corrected chi connectivity index (χ3v) is 3.63. The Hall–Kier alpha value is -1.66. The summed E-state index contributed by atoms with van der Waals surface area (Å²) >= 11 is 7.42. The zero-order valence-corrected chi connectivity index (χ0v) is 11.8. The Morgan fingerprint density at radius 3 is 3.11 bits per heavy atom. The fourth-order valence-electron chi connectivity index (χ4n) is 1.72. The molecule has 3 heterocycles. The van der Waals surface area contributed by atoms with Gasteiger partial charge in [0.15, 0.2) is 0 Å². The van der Waals surface area contributed by atoms with Crippen LogP contribution in [0.4, 0.5) is 5.82 Å². The molecule has 98 valence electrons. The average molecular weight is 295 g/mol. The van der Waals surface area contributed by atoms with Gasteiger partial charge in [0.2, 0.25) is 11.2 Å². The molecule has 0 atom stereocenters. The molecule has 0 unspecified atom stereocenters. The van der Waals surface area contributed by atoms with Crippen LogP contribution in [0.3, 0.4) is 0 Å². The van der Waals surface area contributed by atoms with Crippen LogP contribution < -0.4 is 5.32 Å². The third-order valence-electron chi connectivity index (χ3n) is 2.65. The van der Waals surface area contributed by atoms with Gasteiger partial charge in [-0.25, -0.2) is 15.0 Å². The molecule has 0 radical (unpaired) electrons. The molecule has 0 fully saturated rings. The lowest BCUT2D eigenvalue weighted by molar-refractivity contribution is 0.465. The van der Waals surface area contributed by atoms with E-state index >= 15 is 0 Å². The standard InChI is InChI=1S/C12H11ClN4OS/c1-2-7-5-14-9(18-7)6-15-10-8-3-4-19-11(8)17-12(13)16-10/h3-5H,2,6H2,1H3,(H,15,16,17). The largest absolute Gasteiger partial charge is 0.444 e. The summed E-state index contributed by atoms with van der Waals surface area (Å²) < 4.78 is 5.53. The van der Waals surface area contributed by atoms with Crippen LogP contribution in [-0.2, 0) is 13.0 Å². The monoisotopic (exact) mass is 294 g/mol. The van der Waals surface area contributed by atoms with E-state index in [1.54, 1.807) is 6.20 Å². The fraction of sp³-hybridized carbons (Fsp3) is 0.250. The quantitative estimate of drug-likeness (QED) is 0.746. The van der Waals surface area contributed by atoms with Gasteiger partial charge in [-0.1, -0.05) is 6.92 Å². The van der Waals surface area contributed by atoms with Gasteiger partial charge < -0.3 is 9.73 Å². The zero-order valence-electron chi connectivity index (χ0n) is 10.2. The highest BCUT2D eigenvalue weighted by atomic mass is 35.5. The van der Waals surface area contributed by atoms with Crippen molar-refractivity contribution in [3.8, 4) is 0 Å². The van der Waals surface area contributed by atoms with Gasteiger partial charge in [-0.15, -0.1) is 11.3 Å². The van der Waals surface area contributed by atoms with Crippen LogP contribution >= 0.6 is 22.9 Å². The van der Waals surface area contributed by atoms with Gasteiger partial charge in [0.05, 0.1) is 18.1 Å². The van der Waals surface area contributed by atoms with Crippen molar-refractivity contribution in [3.05, 3.63) is 34.6 Å². The van der Waals surface area contributed by atoms with E-state index in [-0.39, 0.29) is 5.28 Å². The number of nitrogens with one attached hydrogen (secondary N) is 1. The number of oxazole rings is 1. The minimum Gasteiger partial charge on any atom is -0.444 e. The lowest BCUT2D eigenvalue weighted by atomic mass is 10.4. The Morgan fingerprint density at radius 1 is 1.42 bits per heavy atom. The van der Waals surface area contributed by atoms with E-state index in [0.717, 1.165) is 22.4 Å². The highest BCUT2D eigenvalue weighted by Gasteiger charge is 2.09. The molecule has 0 amide bonds. The van der Waals surface area contributed by atoms with Crippen molar-refractivity contribution < 1.29 is 4.42 Å². The summed E-state index contributed by atoms with van der Waals surface area (Å²) in [6.07, 6.45) is 2.57. The first-order valence-corrected chi connectivity index (χ1v) is 7.10. The molecule has 1 N–H and O–H groups in total. The summed E-state index contributed by atoms with van der Waals surface area (Å²) in [4.78, 5) is 13.4. The summed E-state index contributed by atoms with van der Waals surface area (Å²) in [5.74, 6) is 2.21. The van der Waals surface area contributed by atoms with E-state index < -0.39 is 0 Å². The second-order valence-corrected chi connectivity index (χ2v) is 5.14. The Morgan fingerprint density at radius 2 is 2.32 bits per heavy atom. The van der Waals surface area contributed by atoms with E-state index in [0.29, 0.717) is 18.3 Å². The maximum absolute atomic E-state index is 5.89. The molecular formula is C12H11ClN4OS. The number of nitrogens with zero attached hydrogens (tertiary/aromatic N) is 3. The number of fused-ring (bicyclic) bond motifs is 1. The number of anilines is 1. The highest BCUT2D eigenvalue weighted by Crippen LogP contribution is 2.26. The van der Waals surface area contributed by atoms with Gasteiger partial charge in [0.25, 0.3) is 0 Å². The average Bonchev–Trinajstić information content (AvgIpc) is 3.03. The maximum atomic E-state index is 5.89. The van der Waals surface area contributed by atoms with Crippen LogP contribution in [0.15, 0.2) is 22.1 Å². The Balaban J connectivity index is 1.83. The van der Waals surface area contributed by atoms with Gasteiger partial charge in [-0.05, 0) is 23.0 Å².